The standard InChI is InChI=1S/C14H19BrO4/c1-17-12-8-10(15)13(18-2)7-9(12)14(16)11-5-3-4-6-19-11/h7-8,11,14,16H,3-6H2,1-2H3. The van der Waals surface area contributed by atoms with Gasteiger partial charge in [-0.1, -0.05) is 0 Å². The molecular weight excluding hydrogens is 312 g/mol. The maximum absolute atomic E-state index is 10.5. The Balaban J connectivity index is 2.30. The predicted molar refractivity (Wildman–Crippen MR) is 75.8 cm³/mol. The molecule has 1 saturated heterocycles. The molecule has 4 nitrogen and oxygen atoms in total. The Morgan fingerprint density at radius 3 is 2.58 bits per heavy atom. The summed E-state index contributed by atoms with van der Waals surface area (Å²) in [5.41, 5.74) is 0.703. The Bertz CT molecular complexity index is 430. The van der Waals surface area contributed by atoms with E-state index in [9.17, 15) is 5.11 Å². The lowest BCUT2D eigenvalue weighted by Crippen LogP contribution is -2.26. The Morgan fingerprint density at radius 1 is 1.26 bits per heavy atom. The second-order valence-electron chi connectivity index (χ2n) is 4.58. The fraction of sp³-hybridized carbons (Fsp3) is 0.571. The second-order valence-corrected chi connectivity index (χ2v) is 5.43. The number of rotatable bonds is 4. The third-order valence-corrected chi connectivity index (χ3v) is 4.01. The second kappa shape index (κ2) is 6.59. The van der Waals surface area contributed by atoms with Gasteiger partial charge in [-0.15, -0.1) is 0 Å². The van der Waals surface area contributed by atoms with E-state index >= 15 is 0 Å². The van der Waals surface area contributed by atoms with Crippen LogP contribution in [0.4, 0.5) is 0 Å². The highest BCUT2D eigenvalue weighted by molar-refractivity contribution is 9.10. The van der Waals surface area contributed by atoms with Gasteiger partial charge in [-0.2, -0.15) is 0 Å². The number of aliphatic hydroxyl groups is 1. The van der Waals surface area contributed by atoms with E-state index in [-0.39, 0.29) is 6.10 Å². The maximum Gasteiger partial charge on any atom is 0.133 e. The van der Waals surface area contributed by atoms with Crippen LogP contribution in [0.1, 0.15) is 30.9 Å². The van der Waals surface area contributed by atoms with Crippen LogP contribution in [-0.2, 0) is 4.74 Å². The van der Waals surface area contributed by atoms with Crippen molar-refractivity contribution in [1.82, 2.24) is 0 Å². The molecule has 1 heterocycles. The monoisotopic (exact) mass is 330 g/mol. The first-order valence-corrected chi connectivity index (χ1v) is 7.17. The van der Waals surface area contributed by atoms with Gasteiger partial charge in [-0.05, 0) is 47.3 Å². The molecule has 106 valence electrons. The summed E-state index contributed by atoms with van der Waals surface area (Å²) in [6, 6.07) is 3.60. The van der Waals surface area contributed by atoms with Crippen LogP contribution >= 0.6 is 15.9 Å². The van der Waals surface area contributed by atoms with E-state index in [1.54, 1.807) is 26.4 Å². The Labute approximate surface area is 121 Å². The van der Waals surface area contributed by atoms with Gasteiger partial charge in [0.05, 0.1) is 24.8 Å². The van der Waals surface area contributed by atoms with Crippen LogP contribution in [0.5, 0.6) is 11.5 Å². The minimum absolute atomic E-state index is 0.173. The zero-order valence-corrected chi connectivity index (χ0v) is 12.8. The molecule has 2 unspecified atom stereocenters. The molecule has 1 N–H and O–H groups in total. The molecular formula is C14H19BrO4. The third-order valence-electron chi connectivity index (χ3n) is 3.39. The van der Waals surface area contributed by atoms with Crippen molar-refractivity contribution in [3.8, 4) is 11.5 Å². The van der Waals surface area contributed by atoms with Gasteiger partial charge >= 0.3 is 0 Å². The lowest BCUT2D eigenvalue weighted by atomic mass is 9.97. The summed E-state index contributed by atoms with van der Waals surface area (Å²) in [5.74, 6) is 1.31. The predicted octanol–water partition coefficient (Wildman–Crippen LogP) is 3.07. The summed E-state index contributed by atoms with van der Waals surface area (Å²) in [7, 11) is 3.19. The molecule has 0 saturated carbocycles. The summed E-state index contributed by atoms with van der Waals surface area (Å²) in [6.45, 7) is 0.706. The van der Waals surface area contributed by atoms with Gasteiger partial charge in [-0.25, -0.2) is 0 Å². The molecule has 19 heavy (non-hydrogen) atoms. The number of ether oxygens (including phenoxy) is 3. The quantitative estimate of drug-likeness (QED) is 0.921. The minimum Gasteiger partial charge on any atom is -0.496 e. The number of halogens is 1. The molecule has 0 amide bonds. The van der Waals surface area contributed by atoms with Crippen molar-refractivity contribution in [2.75, 3.05) is 20.8 Å². The van der Waals surface area contributed by atoms with Gasteiger partial charge < -0.3 is 19.3 Å². The zero-order chi connectivity index (χ0) is 13.8. The first-order valence-electron chi connectivity index (χ1n) is 6.38. The molecule has 0 spiro atoms. The highest BCUT2D eigenvalue weighted by atomic mass is 79.9. The van der Waals surface area contributed by atoms with Gasteiger partial charge in [0.2, 0.25) is 0 Å². The fourth-order valence-electron chi connectivity index (χ4n) is 2.33. The Morgan fingerprint density at radius 2 is 2.00 bits per heavy atom. The molecule has 2 rings (SSSR count). The molecule has 0 radical (unpaired) electrons. The van der Waals surface area contributed by atoms with E-state index in [2.05, 4.69) is 15.9 Å². The molecule has 1 aliphatic rings. The Hall–Kier alpha value is -0.780. The van der Waals surface area contributed by atoms with E-state index in [1.165, 1.54) is 0 Å². The molecule has 1 aromatic carbocycles. The van der Waals surface area contributed by atoms with Crippen LogP contribution in [0.15, 0.2) is 16.6 Å². The van der Waals surface area contributed by atoms with Gasteiger partial charge in [-0.3, -0.25) is 0 Å². The molecule has 1 aromatic rings. The number of hydrogen-bond donors (Lipinski definition) is 1. The largest absolute Gasteiger partial charge is 0.496 e. The van der Waals surface area contributed by atoms with Crippen molar-refractivity contribution in [3.63, 3.8) is 0 Å². The van der Waals surface area contributed by atoms with Crippen molar-refractivity contribution in [2.45, 2.75) is 31.5 Å². The van der Waals surface area contributed by atoms with Crippen LogP contribution < -0.4 is 9.47 Å². The van der Waals surface area contributed by atoms with Crippen LogP contribution in [0.2, 0.25) is 0 Å². The molecule has 2 atom stereocenters. The van der Waals surface area contributed by atoms with E-state index in [1.807, 2.05) is 0 Å². The number of methoxy groups -OCH3 is 2. The Kier molecular flexibility index (Phi) is 5.07. The average molecular weight is 331 g/mol. The van der Waals surface area contributed by atoms with Crippen molar-refractivity contribution < 1.29 is 19.3 Å². The molecule has 0 aliphatic carbocycles. The first kappa shape index (κ1) is 14.6. The van der Waals surface area contributed by atoms with Crippen molar-refractivity contribution >= 4 is 15.9 Å². The van der Waals surface area contributed by atoms with Crippen LogP contribution in [0.3, 0.4) is 0 Å². The van der Waals surface area contributed by atoms with Gasteiger partial charge in [0.1, 0.15) is 17.6 Å². The van der Waals surface area contributed by atoms with Gasteiger partial charge in [0, 0.05) is 12.2 Å². The van der Waals surface area contributed by atoms with E-state index < -0.39 is 6.10 Å². The summed E-state index contributed by atoms with van der Waals surface area (Å²) < 4.78 is 17.0. The van der Waals surface area contributed by atoms with Crippen LogP contribution in [-0.4, -0.2) is 32.0 Å². The topological polar surface area (TPSA) is 47.9 Å². The van der Waals surface area contributed by atoms with Gasteiger partial charge in [0.25, 0.3) is 0 Å². The SMILES string of the molecule is COc1cc(C(O)C2CCCCO2)c(OC)cc1Br. The lowest BCUT2D eigenvalue weighted by Gasteiger charge is -2.28. The molecule has 0 aromatic heterocycles. The summed E-state index contributed by atoms with van der Waals surface area (Å²) >= 11 is 3.41. The van der Waals surface area contributed by atoms with Crippen LogP contribution in [0.25, 0.3) is 0 Å². The normalized spacial score (nSPS) is 20.9. The van der Waals surface area contributed by atoms with E-state index in [4.69, 9.17) is 14.2 Å². The smallest absolute Gasteiger partial charge is 0.133 e. The van der Waals surface area contributed by atoms with E-state index in [0.717, 1.165) is 23.7 Å². The maximum atomic E-state index is 10.5. The lowest BCUT2D eigenvalue weighted by molar-refractivity contribution is -0.0640. The van der Waals surface area contributed by atoms with Crippen LogP contribution in [0, 0.1) is 0 Å². The average Bonchev–Trinajstić information content (AvgIpc) is 2.47. The molecule has 5 heteroatoms. The van der Waals surface area contributed by atoms with Gasteiger partial charge in [0.15, 0.2) is 0 Å². The van der Waals surface area contributed by atoms with Crippen molar-refractivity contribution in [3.05, 3.63) is 22.2 Å². The molecule has 1 fully saturated rings. The summed E-state index contributed by atoms with van der Waals surface area (Å²) in [6.07, 6.45) is 2.13. The van der Waals surface area contributed by atoms with E-state index in [0.29, 0.717) is 23.7 Å². The van der Waals surface area contributed by atoms with Crippen molar-refractivity contribution in [2.24, 2.45) is 0 Å². The molecule has 0 bridgehead atoms. The van der Waals surface area contributed by atoms with Crippen molar-refractivity contribution in [1.29, 1.82) is 0 Å². The first-order chi connectivity index (χ1) is 9.17. The number of aliphatic hydroxyl groups excluding tert-OH is 1. The summed E-state index contributed by atoms with van der Waals surface area (Å²) in [4.78, 5) is 0. The number of hydrogen-bond acceptors (Lipinski definition) is 4. The highest BCUT2D eigenvalue weighted by Crippen LogP contribution is 2.38. The minimum atomic E-state index is -0.697. The highest BCUT2D eigenvalue weighted by Gasteiger charge is 2.27. The third kappa shape index (κ3) is 3.22. The molecule has 1 aliphatic heterocycles. The number of benzene rings is 1. The summed E-state index contributed by atoms with van der Waals surface area (Å²) in [5, 5.41) is 10.5. The fourth-order valence-corrected chi connectivity index (χ4v) is 2.81. The zero-order valence-electron chi connectivity index (χ0n) is 11.2.